The van der Waals surface area contributed by atoms with Gasteiger partial charge < -0.3 is 0 Å². The highest BCUT2D eigenvalue weighted by Gasteiger charge is 2.06. The second-order valence-corrected chi connectivity index (χ2v) is 3.52. The van der Waals surface area contributed by atoms with Gasteiger partial charge in [-0.1, -0.05) is 13.0 Å². The molecule has 1 nitrogen and oxygen atoms in total. The van der Waals surface area contributed by atoms with Crippen LogP contribution in [-0.2, 0) is 11.2 Å². The van der Waals surface area contributed by atoms with Gasteiger partial charge in [-0.05, 0) is 24.5 Å². The van der Waals surface area contributed by atoms with Crippen LogP contribution < -0.4 is 0 Å². The highest BCUT2D eigenvalue weighted by Crippen LogP contribution is 2.12. The van der Waals surface area contributed by atoms with Crippen molar-refractivity contribution in [3.63, 3.8) is 0 Å². The predicted molar refractivity (Wildman–Crippen MR) is 54.6 cm³/mol. The molecule has 15 heavy (non-hydrogen) atoms. The Morgan fingerprint density at radius 1 is 1.27 bits per heavy atom. The number of Topliss-reactive ketones (excluding diaryl/α,β-unsaturated/α-hetero) is 1. The SMILES string of the molecule is CCCC(=O)CCc1ccc(F)cc1F. The maximum absolute atomic E-state index is 13.1. The fraction of sp³-hybridized carbons (Fsp3) is 0.417. The largest absolute Gasteiger partial charge is 0.300 e. The molecule has 82 valence electrons. The molecule has 1 aromatic carbocycles. The highest BCUT2D eigenvalue weighted by molar-refractivity contribution is 5.78. The molecule has 1 aromatic rings. The lowest BCUT2D eigenvalue weighted by Crippen LogP contribution is -2.01. The van der Waals surface area contributed by atoms with E-state index in [1.54, 1.807) is 0 Å². The lowest BCUT2D eigenvalue weighted by molar-refractivity contribution is -0.119. The molecular weight excluding hydrogens is 198 g/mol. The van der Waals surface area contributed by atoms with E-state index in [9.17, 15) is 13.6 Å². The first-order valence-electron chi connectivity index (χ1n) is 5.09. The van der Waals surface area contributed by atoms with Crippen molar-refractivity contribution in [2.75, 3.05) is 0 Å². The third-order valence-electron chi connectivity index (χ3n) is 2.22. The van der Waals surface area contributed by atoms with Crippen molar-refractivity contribution in [1.82, 2.24) is 0 Å². The molecule has 0 saturated heterocycles. The number of ketones is 1. The van der Waals surface area contributed by atoms with Crippen LogP contribution >= 0.6 is 0 Å². The number of aryl methyl sites for hydroxylation is 1. The number of carbonyl (C=O) groups is 1. The van der Waals surface area contributed by atoms with E-state index in [1.165, 1.54) is 12.1 Å². The van der Waals surface area contributed by atoms with Crippen LogP contribution in [0.3, 0.4) is 0 Å². The summed E-state index contributed by atoms with van der Waals surface area (Å²) in [4.78, 5) is 11.2. The van der Waals surface area contributed by atoms with Gasteiger partial charge in [-0.3, -0.25) is 4.79 Å². The number of halogens is 2. The fourth-order valence-corrected chi connectivity index (χ4v) is 1.40. The van der Waals surface area contributed by atoms with E-state index in [-0.39, 0.29) is 5.78 Å². The van der Waals surface area contributed by atoms with Crippen molar-refractivity contribution >= 4 is 5.78 Å². The average molecular weight is 212 g/mol. The Hall–Kier alpha value is -1.25. The van der Waals surface area contributed by atoms with Crippen LogP contribution in [-0.4, -0.2) is 5.78 Å². The zero-order valence-electron chi connectivity index (χ0n) is 8.72. The monoisotopic (exact) mass is 212 g/mol. The molecule has 0 aliphatic carbocycles. The summed E-state index contributed by atoms with van der Waals surface area (Å²) in [6, 6.07) is 3.45. The molecule has 0 heterocycles. The van der Waals surface area contributed by atoms with Gasteiger partial charge in [-0.2, -0.15) is 0 Å². The summed E-state index contributed by atoms with van der Waals surface area (Å²) in [7, 11) is 0. The Morgan fingerprint density at radius 2 is 2.00 bits per heavy atom. The topological polar surface area (TPSA) is 17.1 Å². The molecule has 0 saturated carbocycles. The Kier molecular flexibility index (Phi) is 4.40. The summed E-state index contributed by atoms with van der Waals surface area (Å²) >= 11 is 0. The molecule has 0 radical (unpaired) electrons. The molecular formula is C12H14F2O. The standard InChI is InChI=1S/C12H14F2O/c1-2-3-11(15)7-5-9-4-6-10(13)8-12(9)14/h4,6,8H,2-3,5,7H2,1H3. The van der Waals surface area contributed by atoms with Gasteiger partial charge in [0.05, 0.1) is 0 Å². The third-order valence-corrected chi connectivity index (χ3v) is 2.22. The molecule has 0 aliphatic rings. The minimum Gasteiger partial charge on any atom is -0.300 e. The second-order valence-electron chi connectivity index (χ2n) is 3.52. The maximum Gasteiger partial charge on any atom is 0.133 e. The van der Waals surface area contributed by atoms with Crippen molar-refractivity contribution in [3.8, 4) is 0 Å². The van der Waals surface area contributed by atoms with Crippen molar-refractivity contribution in [3.05, 3.63) is 35.4 Å². The summed E-state index contributed by atoms with van der Waals surface area (Å²) in [6.45, 7) is 1.93. The van der Waals surface area contributed by atoms with Crippen molar-refractivity contribution in [2.45, 2.75) is 32.6 Å². The van der Waals surface area contributed by atoms with Gasteiger partial charge in [0.25, 0.3) is 0 Å². The quantitative estimate of drug-likeness (QED) is 0.732. The number of hydrogen-bond donors (Lipinski definition) is 0. The maximum atomic E-state index is 13.1. The third kappa shape index (κ3) is 3.78. The minimum absolute atomic E-state index is 0.126. The van der Waals surface area contributed by atoms with Crippen LogP contribution in [0.5, 0.6) is 0 Å². The molecule has 3 heteroatoms. The molecule has 0 spiro atoms. The van der Waals surface area contributed by atoms with Crippen LogP contribution in [0.1, 0.15) is 31.7 Å². The van der Waals surface area contributed by atoms with Gasteiger partial charge in [0.2, 0.25) is 0 Å². The van der Waals surface area contributed by atoms with Crippen LogP contribution in [0.4, 0.5) is 8.78 Å². The van der Waals surface area contributed by atoms with Gasteiger partial charge in [-0.25, -0.2) is 8.78 Å². The first-order valence-corrected chi connectivity index (χ1v) is 5.09. The lowest BCUT2D eigenvalue weighted by atomic mass is 10.0. The molecule has 0 aromatic heterocycles. The molecule has 1 rings (SSSR count). The highest BCUT2D eigenvalue weighted by atomic mass is 19.1. The number of carbonyl (C=O) groups excluding carboxylic acids is 1. The lowest BCUT2D eigenvalue weighted by Gasteiger charge is -2.02. The van der Waals surface area contributed by atoms with E-state index in [0.717, 1.165) is 12.5 Å². The zero-order valence-corrected chi connectivity index (χ0v) is 8.72. The van der Waals surface area contributed by atoms with E-state index >= 15 is 0 Å². The first kappa shape index (κ1) is 11.8. The number of rotatable bonds is 5. The molecule has 0 unspecified atom stereocenters. The molecule has 0 amide bonds. The summed E-state index contributed by atoms with van der Waals surface area (Å²) in [5, 5.41) is 0. The average Bonchev–Trinajstić information content (AvgIpc) is 2.17. The van der Waals surface area contributed by atoms with E-state index in [2.05, 4.69) is 0 Å². The summed E-state index contributed by atoms with van der Waals surface area (Å²) in [6.07, 6.45) is 2.02. The summed E-state index contributed by atoms with van der Waals surface area (Å²) in [5.74, 6) is -1.03. The van der Waals surface area contributed by atoms with E-state index in [0.29, 0.717) is 24.8 Å². The summed E-state index contributed by atoms with van der Waals surface area (Å²) in [5.41, 5.74) is 0.404. The van der Waals surface area contributed by atoms with E-state index in [4.69, 9.17) is 0 Å². The van der Waals surface area contributed by atoms with Crippen LogP contribution in [0.25, 0.3) is 0 Å². The molecule has 0 aliphatic heterocycles. The summed E-state index contributed by atoms with van der Waals surface area (Å²) < 4.78 is 25.7. The molecule has 0 bridgehead atoms. The predicted octanol–water partition coefficient (Wildman–Crippen LogP) is 3.27. The van der Waals surface area contributed by atoms with Crippen molar-refractivity contribution in [2.24, 2.45) is 0 Å². The fourth-order valence-electron chi connectivity index (χ4n) is 1.40. The zero-order chi connectivity index (χ0) is 11.3. The van der Waals surface area contributed by atoms with Crippen LogP contribution in [0, 0.1) is 11.6 Å². The van der Waals surface area contributed by atoms with Gasteiger partial charge in [-0.15, -0.1) is 0 Å². The van der Waals surface area contributed by atoms with Gasteiger partial charge in [0.15, 0.2) is 0 Å². The van der Waals surface area contributed by atoms with E-state index in [1.807, 2.05) is 6.92 Å². The first-order chi connectivity index (χ1) is 7.13. The molecule has 0 fully saturated rings. The smallest absolute Gasteiger partial charge is 0.133 e. The van der Waals surface area contributed by atoms with E-state index < -0.39 is 11.6 Å². The van der Waals surface area contributed by atoms with Crippen molar-refractivity contribution < 1.29 is 13.6 Å². The number of benzene rings is 1. The Labute approximate surface area is 88.1 Å². The van der Waals surface area contributed by atoms with Crippen LogP contribution in [0.2, 0.25) is 0 Å². The van der Waals surface area contributed by atoms with Crippen LogP contribution in [0.15, 0.2) is 18.2 Å². The second kappa shape index (κ2) is 5.59. The number of hydrogen-bond acceptors (Lipinski definition) is 1. The minimum atomic E-state index is -0.587. The van der Waals surface area contributed by atoms with Gasteiger partial charge in [0, 0.05) is 18.9 Å². The Morgan fingerprint density at radius 3 is 2.60 bits per heavy atom. The van der Waals surface area contributed by atoms with Gasteiger partial charge >= 0.3 is 0 Å². The Balaban J connectivity index is 2.54. The molecule has 0 N–H and O–H groups in total. The molecule has 0 atom stereocenters. The van der Waals surface area contributed by atoms with Crippen molar-refractivity contribution in [1.29, 1.82) is 0 Å². The normalized spacial score (nSPS) is 10.3. The Bertz CT molecular complexity index is 347. The van der Waals surface area contributed by atoms with Gasteiger partial charge in [0.1, 0.15) is 17.4 Å².